The van der Waals surface area contributed by atoms with Gasteiger partial charge < -0.3 is 4.74 Å². The van der Waals surface area contributed by atoms with Crippen LogP contribution in [0.3, 0.4) is 0 Å². The van der Waals surface area contributed by atoms with Crippen LogP contribution in [0.4, 0.5) is 4.39 Å². The fourth-order valence-corrected chi connectivity index (χ4v) is 3.32. The van der Waals surface area contributed by atoms with E-state index in [1.165, 1.54) is 31.0 Å². The predicted molar refractivity (Wildman–Crippen MR) is 96.6 cm³/mol. The highest BCUT2D eigenvalue weighted by Gasteiger charge is 2.13. The molecule has 1 heterocycles. The Balaban J connectivity index is 1.73. The van der Waals surface area contributed by atoms with E-state index in [0.717, 1.165) is 5.69 Å². The minimum Gasteiger partial charge on any atom is -0.494 e. The average Bonchev–Trinajstić information content (AvgIpc) is 3.08. The second-order valence-corrected chi connectivity index (χ2v) is 6.50. The summed E-state index contributed by atoms with van der Waals surface area (Å²) in [6, 6.07) is 11.5. The first kappa shape index (κ1) is 17.5. The summed E-state index contributed by atoms with van der Waals surface area (Å²) < 4.78 is 20.4. The average molecular weight is 377 g/mol. The number of methoxy groups -OCH3 is 1. The van der Waals surface area contributed by atoms with Crippen molar-refractivity contribution in [3.8, 4) is 11.4 Å². The first-order chi connectivity index (χ1) is 12.1. The summed E-state index contributed by atoms with van der Waals surface area (Å²) in [7, 11) is 1.38. The number of halogens is 2. The molecular weight excluding hydrogens is 363 g/mol. The minimum absolute atomic E-state index is 0.112. The summed E-state index contributed by atoms with van der Waals surface area (Å²) in [5.74, 6) is -0.490. The Kier molecular flexibility index (Phi) is 5.40. The van der Waals surface area contributed by atoms with Gasteiger partial charge in [0.15, 0.2) is 22.5 Å². The highest BCUT2D eigenvalue weighted by molar-refractivity contribution is 7.99. The van der Waals surface area contributed by atoms with Gasteiger partial charge in [-0.05, 0) is 36.4 Å². The highest BCUT2D eigenvalue weighted by Crippen LogP contribution is 2.24. The second-order valence-electron chi connectivity index (χ2n) is 5.12. The Morgan fingerprint density at radius 1 is 1.32 bits per heavy atom. The summed E-state index contributed by atoms with van der Waals surface area (Å²) in [5.41, 5.74) is 1.15. The summed E-state index contributed by atoms with van der Waals surface area (Å²) >= 11 is 7.30. The first-order valence-electron chi connectivity index (χ1n) is 7.37. The van der Waals surface area contributed by atoms with Crippen molar-refractivity contribution in [2.45, 2.75) is 5.16 Å². The van der Waals surface area contributed by atoms with Crippen molar-refractivity contribution in [1.29, 1.82) is 0 Å². The number of carbonyl (C=O) groups excluding carboxylic acids is 1. The fourth-order valence-electron chi connectivity index (χ4n) is 2.27. The molecule has 7 heteroatoms. The highest BCUT2D eigenvalue weighted by atomic mass is 35.5. The van der Waals surface area contributed by atoms with Crippen molar-refractivity contribution in [3.63, 3.8) is 0 Å². The lowest BCUT2D eigenvalue weighted by atomic mass is 10.1. The van der Waals surface area contributed by atoms with Crippen molar-refractivity contribution in [3.05, 3.63) is 71.3 Å². The molecule has 0 radical (unpaired) electrons. The van der Waals surface area contributed by atoms with Gasteiger partial charge in [-0.2, -0.15) is 0 Å². The standard InChI is InChI=1S/C18H14ClFN2O2S/c1-24-17-6-5-12(9-15(17)20)16(23)11-25-18-21-7-8-22(18)14-4-2-3-13(19)10-14/h2-10H,11H2,1H3. The number of hydrogen-bond donors (Lipinski definition) is 0. The van der Waals surface area contributed by atoms with Crippen molar-refractivity contribution < 1.29 is 13.9 Å². The molecule has 0 aliphatic heterocycles. The quantitative estimate of drug-likeness (QED) is 0.464. The second kappa shape index (κ2) is 7.72. The minimum atomic E-state index is -0.557. The van der Waals surface area contributed by atoms with E-state index in [-0.39, 0.29) is 17.3 Å². The third-order valence-electron chi connectivity index (χ3n) is 3.50. The van der Waals surface area contributed by atoms with Gasteiger partial charge in [-0.1, -0.05) is 29.4 Å². The van der Waals surface area contributed by atoms with Crippen molar-refractivity contribution in [2.75, 3.05) is 12.9 Å². The van der Waals surface area contributed by atoms with Gasteiger partial charge in [0, 0.05) is 28.7 Å². The SMILES string of the molecule is COc1ccc(C(=O)CSc2nccn2-c2cccc(Cl)c2)cc1F. The van der Waals surface area contributed by atoms with E-state index in [1.807, 2.05) is 22.8 Å². The zero-order chi connectivity index (χ0) is 17.8. The number of rotatable bonds is 6. The summed E-state index contributed by atoms with van der Waals surface area (Å²) in [4.78, 5) is 16.6. The molecule has 0 aliphatic carbocycles. The van der Waals surface area contributed by atoms with Gasteiger partial charge in [0.25, 0.3) is 0 Å². The Bertz CT molecular complexity index is 914. The molecule has 25 heavy (non-hydrogen) atoms. The van der Waals surface area contributed by atoms with E-state index < -0.39 is 5.82 Å². The normalized spacial score (nSPS) is 10.7. The smallest absolute Gasteiger partial charge is 0.173 e. The van der Waals surface area contributed by atoms with Crippen LogP contribution in [0.15, 0.2) is 60.0 Å². The number of carbonyl (C=O) groups is 1. The Morgan fingerprint density at radius 2 is 2.16 bits per heavy atom. The maximum atomic E-state index is 13.7. The van der Waals surface area contributed by atoms with Crippen LogP contribution in [0.2, 0.25) is 5.02 Å². The maximum Gasteiger partial charge on any atom is 0.173 e. The van der Waals surface area contributed by atoms with E-state index in [4.69, 9.17) is 16.3 Å². The molecule has 0 amide bonds. The molecule has 3 rings (SSSR count). The van der Waals surface area contributed by atoms with Crippen LogP contribution >= 0.6 is 23.4 Å². The molecule has 0 N–H and O–H groups in total. The monoisotopic (exact) mass is 376 g/mol. The van der Waals surface area contributed by atoms with E-state index in [2.05, 4.69) is 4.98 Å². The number of hydrogen-bond acceptors (Lipinski definition) is 4. The van der Waals surface area contributed by atoms with E-state index >= 15 is 0 Å². The van der Waals surface area contributed by atoms with E-state index in [9.17, 15) is 9.18 Å². The zero-order valence-electron chi connectivity index (χ0n) is 13.3. The summed E-state index contributed by atoms with van der Waals surface area (Å²) in [5, 5.41) is 1.27. The molecule has 0 fully saturated rings. The van der Waals surface area contributed by atoms with Crippen LogP contribution in [0.5, 0.6) is 5.75 Å². The van der Waals surface area contributed by atoms with Gasteiger partial charge in [0.2, 0.25) is 0 Å². The van der Waals surface area contributed by atoms with Gasteiger partial charge in [-0.25, -0.2) is 9.37 Å². The Labute approximate surface area is 153 Å². The number of ketones is 1. The molecule has 2 aromatic carbocycles. The lowest BCUT2D eigenvalue weighted by Gasteiger charge is -2.08. The Morgan fingerprint density at radius 3 is 2.88 bits per heavy atom. The number of imidazole rings is 1. The van der Waals surface area contributed by atoms with Gasteiger partial charge in [0.1, 0.15) is 0 Å². The lowest BCUT2D eigenvalue weighted by Crippen LogP contribution is -2.05. The predicted octanol–water partition coefficient (Wildman–Crippen LogP) is 4.65. The maximum absolute atomic E-state index is 13.7. The molecule has 128 valence electrons. The van der Waals surface area contributed by atoms with Gasteiger partial charge >= 0.3 is 0 Å². The third-order valence-corrected chi connectivity index (χ3v) is 4.70. The van der Waals surface area contributed by atoms with E-state index in [1.54, 1.807) is 24.5 Å². The Hall–Kier alpha value is -2.31. The molecule has 4 nitrogen and oxygen atoms in total. The zero-order valence-corrected chi connectivity index (χ0v) is 14.9. The van der Waals surface area contributed by atoms with Crippen LogP contribution in [-0.4, -0.2) is 28.2 Å². The summed E-state index contributed by atoms with van der Waals surface area (Å²) in [6.45, 7) is 0. The third kappa shape index (κ3) is 4.03. The first-order valence-corrected chi connectivity index (χ1v) is 8.73. The van der Waals surface area contributed by atoms with Crippen molar-refractivity contribution in [1.82, 2.24) is 9.55 Å². The molecule has 0 unspecified atom stereocenters. The number of nitrogens with zero attached hydrogens (tertiary/aromatic N) is 2. The van der Waals surface area contributed by atoms with Crippen molar-refractivity contribution in [2.24, 2.45) is 0 Å². The lowest BCUT2D eigenvalue weighted by molar-refractivity contribution is 0.102. The van der Waals surface area contributed by atoms with E-state index in [0.29, 0.717) is 15.7 Å². The molecule has 0 aliphatic rings. The molecule has 0 saturated carbocycles. The van der Waals surface area contributed by atoms with Crippen LogP contribution in [0.1, 0.15) is 10.4 Å². The van der Waals surface area contributed by atoms with Gasteiger partial charge in [-0.3, -0.25) is 9.36 Å². The number of aromatic nitrogens is 2. The van der Waals surface area contributed by atoms with Crippen LogP contribution in [-0.2, 0) is 0 Å². The van der Waals surface area contributed by atoms with Gasteiger partial charge in [-0.15, -0.1) is 0 Å². The fraction of sp³-hybridized carbons (Fsp3) is 0.111. The topological polar surface area (TPSA) is 44.1 Å². The van der Waals surface area contributed by atoms with Gasteiger partial charge in [0.05, 0.1) is 12.9 Å². The number of ether oxygens (including phenoxy) is 1. The molecule has 3 aromatic rings. The summed E-state index contributed by atoms with van der Waals surface area (Å²) in [6.07, 6.45) is 3.45. The number of thioether (sulfide) groups is 1. The molecule has 1 aromatic heterocycles. The molecule has 0 spiro atoms. The largest absolute Gasteiger partial charge is 0.494 e. The van der Waals surface area contributed by atoms with Crippen molar-refractivity contribution >= 4 is 29.1 Å². The molecule has 0 bridgehead atoms. The molecular formula is C18H14ClFN2O2S. The van der Waals surface area contributed by atoms with Crippen LogP contribution in [0.25, 0.3) is 5.69 Å². The number of benzene rings is 2. The molecule has 0 saturated heterocycles. The van der Waals surface area contributed by atoms with Crippen LogP contribution in [0, 0.1) is 5.82 Å². The molecule has 0 atom stereocenters. The number of Topliss-reactive ketones (excluding diaryl/α,β-unsaturated/α-hetero) is 1. The van der Waals surface area contributed by atoms with Crippen LogP contribution < -0.4 is 4.74 Å².